The maximum atomic E-state index is 13.0. The van der Waals surface area contributed by atoms with Crippen molar-refractivity contribution in [2.24, 2.45) is 5.92 Å². The second kappa shape index (κ2) is 7.61. The molecule has 0 unspecified atom stereocenters. The zero-order valence-corrected chi connectivity index (χ0v) is 15.6. The summed E-state index contributed by atoms with van der Waals surface area (Å²) in [5, 5.41) is 2.81. The fourth-order valence-electron chi connectivity index (χ4n) is 3.20. The molecule has 0 spiro atoms. The minimum atomic E-state index is -0.885. The van der Waals surface area contributed by atoms with E-state index < -0.39 is 17.9 Å². The van der Waals surface area contributed by atoms with Gasteiger partial charge in [0.15, 0.2) is 0 Å². The van der Waals surface area contributed by atoms with Crippen LogP contribution in [0.5, 0.6) is 5.75 Å². The van der Waals surface area contributed by atoms with E-state index in [1.807, 2.05) is 13.8 Å². The molecule has 1 N–H and O–H groups in total. The average molecular weight is 366 g/mol. The lowest BCUT2D eigenvalue weighted by atomic mass is 9.96. The summed E-state index contributed by atoms with van der Waals surface area (Å²) in [5.41, 5.74) is 1.26. The molecule has 1 aliphatic rings. The van der Waals surface area contributed by atoms with Gasteiger partial charge in [0.2, 0.25) is 5.91 Å². The molecule has 0 saturated heterocycles. The summed E-state index contributed by atoms with van der Waals surface area (Å²) in [6.45, 7) is 3.79. The van der Waals surface area contributed by atoms with Crippen LogP contribution in [0.4, 0.5) is 5.69 Å². The summed E-state index contributed by atoms with van der Waals surface area (Å²) in [6, 6.07) is 12.7. The molecule has 140 valence electrons. The van der Waals surface area contributed by atoms with Gasteiger partial charge < -0.3 is 10.1 Å². The molecular weight excluding hydrogens is 344 g/mol. The molecule has 1 heterocycles. The van der Waals surface area contributed by atoms with Gasteiger partial charge in [-0.25, -0.2) is 0 Å². The summed E-state index contributed by atoms with van der Waals surface area (Å²) in [4.78, 5) is 39.7. The molecular formula is C21H22N2O4. The van der Waals surface area contributed by atoms with E-state index in [1.165, 1.54) is 0 Å². The Labute approximate surface area is 158 Å². The molecule has 0 fully saturated rings. The second-order valence-corrected chi connectivity index (χ2v) is 6.57. The molecule has 3 amide bonds. The standard InChI is InChI=1S/C21H22N2O4/c1-4-13(2)18(19(24)22-14-9-11-15(27-3)12-10-14)23-20(25)16-7-5-6-8-17(16)21(23)26/h5-13,18H,4H2,1-3H3,(H,22,24)/t13-,18-/m0/s1. The third-order valence-electron chi connectivity index (χ3n) is 4.91. The molecule has 2 aromatic rings. The van der Waals surface area contributed by atoms with Crippen LogP contribution in [0.3, 0.4) is 0 Å². The van der Waals surface area contributed by atoms with E-state index in [4.69, 9.17) is 4.74 Å². The van der Waals surface area contributed by atoms with Crippen LogP contribution in [0.2, 0.25) is 0 Å². The van der Waals surface area contributed by atoms with Crippen molar-refractivity contribution in [3.05, 3.63) is 59.7 Å². The van der Waals surface area contributed by atoms with Crippen LogP contribution in [-0.4, -0.2) is 35.8 Å². The number of fused-ring (bicyclic) bond motifs is 1. The lowest BCUT2D eigenvalue weighted by Crippen LogP contribution is -2.50. The predicted molar refractivity (Wildman–Crippen MR) is 102 cm³/mol. The van der Waals surface area contributed by atoms with Crippen molar-refractivity contribution in [2.75, 3.05) is 12.4 Å². The van der Waals surface area contributed by atoms with Crippen molar-refractivity contribution in [1.82, 2.24) is 4.90 Å². The van der Waals surface area contributed by atoms with Gasteiger partial charge in [0, 0.05) is 5.69 Å². The van der Waals surface area contributed by atoms with Crippen molar-refractivity contribution in [3.8, 4) is 5.75 Å². The first-order valence-electron chi connectivity index (χ1n) is 8.89. The quantitative estimate of drug-likeness (QED) is 0.796. The number of anilines is 1. The average Bonchev–Trinajstić information content (AvgIpc) is 2.94. The number of carbonyl (C=O) groups is 3. The monoisotopic (exact) mass is 366 g/mol. The number of hydrogen-bond acceptors (Lipinski definition) is 4. The van der Waals surface area contributed by atoms with Crippen LogP contribution < -0.4 is 10.1 Å². The zero-order valence-electron chi connectivity index (χ0n) is 15.6. The molecule has 1 aliphatic heterocycles. The Morgan fingerprint density at radius 2 is 1.59 bits per heavy atom. The molecule has 2 atom stereocenters. The van der Waals surface area contributed by atoms with E-state index >= 15 is 0 Å². The molecule has 6 nitrogen and oxygen atoms in total. The Kier molecular flexibility index (Phi) is 5.26. The summed E-state index contributed by atoms with van der Waals surface area (Å²) in [6.07, 6.45) is 0.647. The van der Waals surface area contributed by atoms with Crippen LogP contribution in [-0.2, 0) is 4.79 Å². The lowest BCUT2D eigenvalue weighted by Gasteiger charge is -2.29. The van der Waals surface area contributed by atoms with Gasteiger partial charge in [0.1, 0.15) is 11.8 Å². The Bertz CT molecular complexity index is 841. The topological polar surface area (TPSA) is 75.7 Å². The van der Waals surface area contributed by atoms with Crippen LogP contribution in [0.25, 0.3) is 0 Å². The highest BCUT2D eigenvalue weighted by Gasteiger charge is 2.44. The van der Waals surface area contributed by atoms with E-state index in [9.17, 15) is 14.4 Å². The van der Waals surface area contributed by atoms with Crippen LogP contribution in [0, 0.1) is 5.92 Å². The van der Waals surface area contributed by atoms with Crippen molar-refractivity contribution in [2.45, 2.75) is 26.3 Å². The van der Waals surface area contributed by atoms with Gasteiger partial charge >= 0.3 is 0 Å². The first-order valence-corrected chi connectivity index (χ1v) is 8.89. The molecule has 27 heavy (non-hydrogen) atoms. The number of benzene rings is 2. The van der Waals surface area contributed by atoms with E-state index in [0.29, 0.717) is 29.0 Å². The van der Waals surface area contributed by atoms with Gasteiger partial charge in [0.25, 0.3) is 11.8 Å². The number of ether oxygens (including phenoxy) is 1. The molecule has 0 aromatic heterocycles. The van der Waals surface area contributed by atoms with Crippen LogP contribution >= 0.6 is 0 Å². The summed E-state index contributed by atoms with van der Waals surface area (Å²) in [7, 11) is 1.56. The Morgan fingerprint density at radius 1 is 1.04 bits per heavy atom. The van der Waals surface area contributed by atoms with Crippen LogP contribution in [0.1, 0.15) is 41.0 Å². The number of rotatable bonds is 6. The first kappa shape index (κ1) is 18.6. The van der Waals surface area contributed by atoms with E-state index in [2.05, 4.69) is 5.32 Å². The van der Waals surface area contributed by atoms with Gasteiger partial charge in [-0.05, 0) is 42.3 Å². The van der Waals surface area contributed by atoms with E-state index in [1.54, 1.807) is 55.6 Å². The van der Waals surface area contributed by atoms with Crippen molar-refractivity contribution in [1.29, 1.82) is 0 Å². The van der Waals surface area contributed by atoms with Gasteiger partial charge in [-0.1, -0.05) is 32.4 Å². The molecule has 2 aromatic carbocycles. The Morgan fingerprint density at radius 3 is 2.07 bits per heavy atom. The van der Waals surface area contributed by atoms with Gasteiger partial charge in [-0.15, -0.1) is 0 Å². The smallest absolute Gasteiger partial charge is 0.262 e. The fourth-order valence-corrected chi connectivity index (χ4v) is 3.20. The van der Waals surface area contributed by atoms with Crippen molar-refractivity contribution >= 4 is 23.4 Å². The van der Waals surface area contributed by atoms with Crippen molar-refractivity contribution < 1.29 is 19.1 Å². The minimum Gasteiger partial charge on any atom is -0.497 e. The molecule has 6 heteroatoms. The number of imide groups is 1. The first-order chi connectivity index (χ1) is 13.0. The highest BCUT2D eigenvalue weighted by molar-refractivity contribution is 6.23. The van der Waals surface area contributed by atoms with Crippen LogP contribution in [0.15, 0.2) is 48.5 Å². The normalized spacial score (nSPS) is 15.3. The third kappa shape index (κ3) is 3.43. The highest BCUT2D eigenvalue weighted by atomic mass is 16.5. The third-order valence-corrected chi connectivity index (χ3v) is 4.91. The number of hydrogen-bond donors (Lipinski definition) is 1. The fraction of sp³-hybridized carbons (Fsp3) is 0.286. The van der Waals surface area contributed by atoms with Gasteiger partial charge in [-0.2, -0.15) is 0 Å². The number of nitrogens with one attached hydrogen (secondary N) is 1. The zero-order chi connectivity index (χ0) is 19.6. The molecule has 0 radical (unpaired) electrons. The van der Waals surface area contributed by atoms with E-state index in [-0.39, 0.29) is 11.8 Å². The Hall–Kier alpha value is -3.15. The summed E-state index contributed by atoms with van der Waals surface area (Å²) < 4.78 is 5.11. The number of carbonyl (C=O) groups excluding carboxylic acids is 3. The van der Waals surface area contributed by atoms with Crippen molar-refractivity contribution in [3.63, 3.8) is 0 Å². The minimum absolute atomic E-state index is 0.189. The Balaban J connectivity index is 1.89. The summed E-state index contributed by atoms with van der Waals surface area (Å²) >= 11 is 0. The van der Waals surface area contributed by atoms with E-state index in [0.717, 1.165) is 4.90 Å². The summed E-state index contributed by atoms with van der Waals surface area (Å²) in [5.74, 6) is -0.752. The predicted octanol–water partition coefficient (Wildman–Crippen LogP) is 3.34. The highest BCUT2D eigenvalue weighted by Crippen LogP contribution is 2.29. The number of amides is 3. The maximum absolute atomic E-state index is 13.0. The molecule has 0 aliphatic carbocycles. The largest absolute Gasteiger partial charge is 0.497 e. The number of methoxy groups -OCH3 is 1. The molecule has 0 saturated carbocycles. The SMILES string of the molecule is CC[C@H](C)[C@@H](C(=O)Nc1ccc(OC)cc1)N1C(=O)c2ccccc2C1=O. The van der Waals surface area contributed by atoms with Gasteiger partial charge in [0.05, 0.1) is 18.2 Å². The molecule has 3 rings (SSSR count). The van der Waals surface area contributed by atoms with Gasteiger partial charge in [-0.3, -0.25) is 19.3 Å². The number of nitrogens with zero attached hydrogens (tertiary/aromatic N) is 1. The second-order valence-electron chi connectivity index (χ2n) is 6.57. The molecule has 0 bridgehead atoms. The maximum Gasteiger partial charge on any atom is 0.262 e. The lowest BCUT2D eigenvalue weighted by molar-refractivity contribution is -0.121.